The van der Waals surface area contributed by atoms with Gasteiger partial charge >= 0.3 is 0 Å². The van der Waals surface area contributed by atoms with Gasteiger partial charge in [0.2, 0.25) is 0 Å². The maximum atomic E-state index is 12.5. The lowest BCUT2D eigenvalue weighted by Gasteiger charge is -2.44. The summed E-state index contributed by atoms with van der Waals surface area (Å²) in [5, 5.41) is 3.18. The topological polar surface area (TPSA) is 50.8 Å². The van der Waals surface area contributed by atoms with Crippen molar-refractivity contribution in [3.63, 3.8) is 0 Å². The highest BCUT2D eigenvalue weighted by molar-refractivity contribution is 5.95. The minimum atomic E-state index is -0.0500. The van der Waals surface area contributed by atoms with Gasteiger partial charge in [0.15, 0.2) is 0 Å². The first-order valence-electron chi connectivity index (χ1n) is 7.46. The van der Waals surface area contributed by atoms with Crippen molar-refractivity contribution in [2.24, 2.45) is 5.92 Å². The van der Waals surface area contributed by atoms with Crippen LogP contribution in [0.3, 0.4) is 0 Å². The van der Waals surface area contributed by atoms with Crippen LogP contribution < -0.4 is 14.8 Å². The van der Waals surface area contributed by atoms with Crippen molar-refractivity contribution >= 4 is 5.91 Å². The Morgan fingerprint density at radius 1 is 1.14 bits per heavy atom. The Hall–Kier alpha value is -1.75. The molecule has 1 unspecified atom stereocenters. The van der Waals surface area contributed by atoms with Crippen LogP contribution in [-0.4, -0.2) is 50.7 Å². The lowest BCUT2D eigenvalue weighted by molar-refractivity contribution is 0.0620. The van der Waals surface area contributed by atoms with Gasteiger partial charge in [-0.3, -0.25) is 4.79 Å². The van der Waals surface area contributed by atoms with Crippen molar-refractivity contribution in [2.75, 3.05) is 33.9 Å². The summed E-state index contributed by atoms with van der Waals surface area (Å²) in [6.07, 6.45) is 2.37. The summed E-state index contributed by atoms with van der Waals surface area (Å²) in [6.45, 7) is 3.31. The van der Waals surface area contributed by atoms with Gasteiger partial charge in [-0.05, 0) is 44.0 Å². The zero-order chi connectivity index (χ0) is 14.8. The first kappa shape index (κ1) is 14.2. The molecule has 21 heavy (non-hydrogen) atoms. The maximum absolute atomic E-state index is 12.5. The molecule has 3 aliphatic heterocycles. The molecule has 1 atom stereocenters. The highest BCUT2D eigenvalue weighted by atomic mass is 16.5. The number of hydrogen-bond acceptors (Lipinski definition) is 4. The molecule has 3 heterocycles. The monoisotopic (exact) mass is 290 g/mol. The molecule has 3 aliphatic rings. The number of fused-ring (bicyclic) bond motifs is 3. The van der Waals surface area contributed by atoms with E-state index < -0.39 is 0 Å². The molecule has 1 aromatic carbocycles. The second-order valence-corrected chi connectivity index (χ2v) is 5.82. The van der Waals surface area contributed by atoms with Crippen LogP contribution in [0.2, 0.25) is 0 Å². The number of nitrogens with one attached hydrogen (secondary N) is 1. The third kappa shape index (κ3) is 2.97. The summed E-state index contributed by atoms with van der Waals surface area (Å²) >= 11 is 0. The molecular formula is C16H22N2O3. The van der Waals surface area contributed by atoms with Gasteiger partial charge in [-0.25, -0.2) is 0 Å². The van der Waals surface area contributed by atoms with Crippen molar-refractivity contribution < 1.29 is 14.3 Å². The number of nitrogens with zero attached hydrogens (tertiary/aromatic N) is 1. The molecule has 5 nitrogen and oxygen atoms in total. The lowest BCUT2D eigenvalue weighted by Crippen LogP contribution is -2.57. The molecule has 5 heteroatoms. The molecule has 4 rings (SSSR count). The van der Waals surface area contributed by atoms with Gasteiger partial charge in [0.1, 0.15) is 11.5 Å². The maximum Gasteiger partial charge on any atom is 0.251 e. The average molecular weight is 290 g/mol. The summed E-state index contributed by atoms with van der Waals surface area (Å²) < 4.78 is 10.4. The first-order chi connectivity index (χ1) is 10.2. The summed E-state index contributed by atoms with van der Waals surface area (Å²) in [5.41, 5.74) is 0.586. The van der Waals surface area contributed by atoms with Crippen LogP contribution in [0.25, 0.3) is 0 Å². The molecule has 1 amide bonds. The molecule has 0 aromatic heterocycles. The molecule has 0 spiro atoms. The van der Waals surface area contributed by atoms with Gasteiger partial charge in [-0.15, -0.1) is 0 Å². The molecule has 1 aromatic rings. The van der Waals surface area contributed by atoms with Crippen molar-refractivity contribution in [3.05, 3.63) is 23.8 Å². The molecule has 2 bridgehead atoms. The van der Waals surface area contributed by atoms with Crippen LogP contribution in [0, 0.1) is 5.92 Å². The molecule has 3 saturated heterocycles. The van der Waals surface area contributed by atoms with E-state index in [0.717, 1.165) is 6.54 Å². The number of ether oxygens (including phenoxy) is 2. The standard InChI is InChI=1S/C16H22N2O3/c1-20-13-7-12(8-14(9-13)21-2)16(19)17-15-10-18-5-3-11(15)4-6-18/h7-9,11,15H,3-6,10H2,1-2H3,(H,17,19). The van der Waals surface area contributed by atoms with E-state index in [1.807, 2.05) is 0 Å². The van der Waals surface area contributed by atoms with E-state index in [9.17, 15) is 4.79 Å². The molecule has 3 fully saturated rings. The van der Waals surface area contributed by atoms with Crippen molar-refractivity contribution in [2.45, 2.75) is 18.9 Å². The Morgan fingerprint density at radius 2 is 1.76 bits per heavy atom. The minimum absolute atomic E-state index is 0.0500. The zero-order valence-corrected chi connectivity index (χ0v) is 12.6. The molecule has 0 aliphatic carbocycles. The number of benzene rings is 1. The fraction of sp³-hybridized carbons (Fsp3) is 0.562. The number of hydrogen-bond donors (Lipinski definition) is 1. The fourth-order valence-corrected chi connectivity index (χ4v) is 3.32. The molecule has 1 N–H and O–H groups in total. The van der Waals surface area contributed by atoms with E-state index in [2.05, 4.69) is 10.2 Å². The van der Waals surface area contributed by atoms with Crippen LogP contribution in [-0.2, 0) is 0 Å². The minimum Gasteiger partial charge on any atom is -0.497 e. The molecule has 0 radical (unpaired) electrons. The van der Waals surface area contributed by atoms with Gasteiger partial charge in [0.05, 0.1) is 14.2 Å². The Bertz CT molecular complexity index is 502. The quantitative estimate of drug-likeness (QED) is 0.913. The highest BCUT2D eigenvalue weighted by Gasteiger charge is 2.35. The lowest BCUT2D eigenvalue weighted by atomic mass is 9.84. The summed E-state index contributed by atoms with van der Waals surface area (Å²) in [7, 11) is 3.17. The molecular weight excluding hydrogens is 268 g/mol. The molecule has 114 valence electrons. The Labute approximate surface area is 125 Å². The van der Waals surface area contributed by atoms with E-state index in [4.69, 9.17) is 9.47 Å². The largest absolute Gasteiger partial charge is 0.497 e. The summed E-state index contributed by atoms with van der Waals surface area (Å²) in [6, 6.07) is 5.53. The van der Waals surface area contributed by atoms with E-state index in [-0.39, 0.29) is 11.9 Å². The number of carbonyl (C=O) groups excluding carboxylic acids is 1. The smallest absolute Gasteiger partial charge is 0.251 e. The second-order valence-electron chi connectivity index (χ2n) is 5.82. The van der Waals surface area contributed by atoms with Gasteiger partial charge in [-0.2, -0.15) is 0 Å². The van der Waals surface area contributed by atoms with E-state index in [0.29, 0.717) is 23.0 Å². The predicted octanol–water partition coefficient (Wildman–Crippen LogP) is 1.53. The van der Waals surface area contributed by atoms with Crippen LogP contribution in [0.15, 0.2) is 18.2 Å². The first-order valence-corrected chi connectivity index (χ1v) is 7.46. The summed E-state index contributed by atoms with van der Waals surface area (Å²) in [4.78, 5) is 14.9. The Balaban J connectivity index is 1.73. The van der Waals surface area contributed by atoms with E-state index in [1.165, 1.54) is 25.9 Å². The fourth-order valence-electron chi connectivity index (χ4n) is 3.32. The van der Waals surface area contributed by atoms with Gasteiger partial charge in [0.25, 0.3) is 5.91 Å². The Morgan fingerprint density at radius 3 is 2.24 bits per heavy atom. The zero-order valence-electron chi connectivity index (χ0n) is 12.6. The van der Waals surface area contributed by atoms with E-state index >= 15 is 0 Å². The van der Waals surface area contributed by atoms with Crippen LogP contribution in [0.5, 0.6) is 11.5 Å². The van der Waals surface area contributed by atoms with Gasteiger partial charge in [0, 0.05) is 24.2 Å². The Kier molecular flexibility index (Phi) is 4.01. The van der Waals surface area contributed by atoms with Crippen molar-refractivity contribution in [1.82, 2.24) is 10.2 Å². The van der Waals surface area contributed by atoms with Crippen molar-refractivity contribution in [3.8, 4) is 11.5 Å². The van der Waals surface area contributed by atoms with Crippen LogP contribution >= 0.6 is 0 Å². The third-order valence-corrected chi connectivity index (χ3v) is 4.59. The normalized spacial score (nSPS) is 27.2. The highest BCUT2D eigenvalue weighted by Crippen LogP contribution is 2.28. The predicted molar refractivity (Wildman–Crippen MR) is 80.0 cm³/mol. The van der Waals surface area contributed by atoms with Crippen LogP contribution in [0.1, 0.15) is 23.2 Å². The number of piperidine rings is 3. The van der Waals surface area contributed by atoms with Gasteiger partial charge < -0.3 is 19.7 Å². The van der Waals surface area contributed by atoms with Crippen molar-refractivity contribution in [1.29, 1.82) is 0 Å². The number of methoxy groups -OCH3 is 2. The van der Waals surface area contributed by atoms with Crippen LogP contribution in [0.4, 0.5) is 0 Å². The molecule has 0 saturated carbocycles. The number of amides is 1. The second kappa shape index (κ2) is 5.93. The third-order valence-electron chi connectivity index (χ3n) is 4.59. The SMILES string of the molecule is COc1cc(OC)cc(C(=O)NC2CN3CCC2CC3)c1. The number of rotatable bonds is 4. The van der Waals surface area contributed by atoms with E-state index in [1.54, 1.807) is 32.4 Å². The summed E-state index contributed by atoms with van der Waals surface area (Å²) in [5.74, 6) is 1.83. The van der Waals surface area contributed by atoms with Gasteiger partial charge in [-0.1, -0.05) is 0 Å². The average Bonchev–Trinajstić information content (AvgIpc) is 2.55. The number of carbonyl (C=O) groups is 1.